The summed E-state index contributed by atoms with van der Waals surface area (Å²) in [5.74, 6) is -3.37. The first-order chi connectivity index (χ1) is 10.6. The number of nitriles is 1. The minimum Gasteiger partial charge on any atom is -0.550 e. The minimum absolute atomic E-state index is 0.214. The fourth-order valence-electron chi connectivity index (χ4n) is 3.77. The van der Waals surface area contributed by atoms with Crippen molar-refractivity contribution in [1.82, 2.24) is 0 Å². The molecule has 6 heteroatoms. The molecule has 4 atom stereocenters. The molecule has 0 N–H and O–H groups in total. The van der Waals surface area contributed by atoms with E-state index in [-0.39, 0.29) is 12.5 Å². The number of para-hydroxylation sites is 1. The van der Waals surface area contributed by atoms with Crippen molar-refractivity contribution in [3.8, 4) is 6.07 Å². The van der Waals surface area contributed by atoms with Gasteiger partial charge in [0.2, 0.25) is 5.91 Å². The van der Waals surface area contributed by atoms with Crippen LogP contribution in [0.5, 0.6) is 0 Å². The van der Waals surface area contributed by atoms with E-state index in [9.17, 15) is 20.0 Å². The van der Waals surface area contributed by atoms with Crippen molar-refractivity contribution in [2.24, 2.45) is 11.8 Å². The zero-order chi connectivity index (χ0) is 15.5. The molecule has 4 rings (SSSR count). The minimum atomic E-state index is -1.27. The average molecular weight is 295 g/mol. The summed E-state index contributed by atoms with van der Waals surface area (Å²) in [5.41, 5.74) is -0.0678. The van der Waals surface area contributed by atoms with Crippen LogP contribution in [0.1, 0.15) is 5.56 Å². The van der Waals surface area contributed by atoms with E-state index in [0.29, 0.717) is 11.3 Å². The number of hydrogen-bond donors (Lipinski definition) is 0. The summed E-state index contributed by atoms with van der Waals surface area (Å²) in [6, 6.07) is 8.81. The van der Waals surface area contributed by atoms with Crippen LogP contribution in [-0.2, 0) is 14.3 Å². The van der Waals surface area contributed by atoms with E-state index < -0.39 is 29.5 Å². The third-order valence-electron chi connectivity index (χ3n) is 4.69. The number of hydrogen-bond acceptors (Lipinski definition) is 5. The van der Waals surface area contributed by atoms with E-state index in [1.807, 2.05) is 0 Å². The zero-order valence-corrected chi connectivity index (χ0v) is 11.4. The van der Waals surface area contributed by atoms with Crippen LogP contribution in [0.4, 0.5) is 5.69 Å². The first-order valence-corrected chi connectivity index (χ1v) is 6.96. The molecule has 0 saturated carbocycles. The van der Waals surface area contributed by atoms with E-state index in [4.69, 9.17) is 4.74 Å². The Morgan fingerprint density at radius 3 is 2.95 bits per heavy atom. The van der Waals surface area contributed by atoms with Gasteiger partial charge in [0.1, 0.15) is 11.7 Å². The van der Waals surface area contributed by atoms with Crippen molar-refractivity contribution in [2.45, 2.75) is 11.7 Å². The molecule has 0 aromatic heterocycles. The topological polar surface area (TPSA) is 93.5 Å². The predicted molar refractivity (Wildman–Crippen MR) is 72.2 cm³/mol. The Morgan fingerprint density at radius 2 is 2.23 bits per heavy atom. The van der Waals surface area contributed by atoms with Crippen LogP contribution in [0.15, 0.2) is 36.4 Å². The van der Waals surface area contributed by atoms with Gasteiger partial charge in [-0.25, -0.2) is 0 Å². The third kappa shape index (κ3) is 1.46. The highest BCUT2D eigenvalue weighted by molar-refractivity contribution is 6.03. The maximum absolute atomic E-state index is 12.8. The molecule has 6 nitrogen and oxygen atoms in total. The molecule has 1 amide bonds. The number of nitrogens with zero attached hydrogens (tertiary/aromatic N) is 2. The lowest BCUT2D eigenvalue weighted by atomic mass is 9.77. The molecule has 1 spiro atoms. The number of anilines is 1. The van der Waals surface area contributed by atoms with Crippen LogP contribution in [0, 0.1) is 23.2 Å². The van der Waals surface area contributed by atoms with Gasteiger partial charge in [0.25, 0.3) is 0 Å². The van der Waals surface area contributed by atoms with Gasteiger partial charge in [-0.2, -0.15) is 5.26 Å². The maximum atomic E-state index is 12.8. The van der Waals surface area contributed by atoms with Gasteiger partial charge >= 0.3 is 0 Å². The molecular formula is C16H11N2O4-. The second kappa shape index (κ2) is 4.18. The first kappa shape index (κ1) is 13.0. The number of ether oxygens (including phenoxy) is 1. The van der Waals surface area contributed by atoms with Gasteiger partial charge in [0.05, 0.1) is 29.8 Å². The Hall–Kier alpha value is -2.65. The molecule has 0 aliphatic carbocycles. The van der Waals surface area contributed by atoms with Gasteiger partial charge in [0, 0.05) is 11.9 Å². The highest BCUT2D eigenvalue weighted by Gasteiger charge is 2.65. The molecule has 3 heterocycles. The fourth-order valence-corrected chi connectivity index (χ4v) is 3.77. The van der Waals surface area contributed by atoms with Crippen molar-refractivity contribution >= 4 is 17.6 Å². The third-order valence-corrected chi connectivity index (χ3v) is 4.69. The number of rotatable bonds is 2. The Morgan fingerprint density at radius 1 is 1.45 bits per heavy atom. The number of carboxylic acid groups (broad SMARTS) is 1. The van der Waals surface area contributed by atoms with Crippen molar-refractivity contribution in [2.75, 3.05) is 11.4 Å². The van der Waals surface area contributed by atoms with Gasteiger partial charge in [-0.3, -0.25) is 4.79 Å². The smallest absolute Gasteiger partial charge is 0.234 e. The number of benzene rings is 1. The number of aliphatic carboxylic acids is 1. The van der Waals surface area contributed by atoms with Crippen LogP contribution in [0.25, 0.3) is 0 Å². The normalized spacial score (nSPS) is 34.8. The largest absolute Gasteiger partial charge is 0.550 e. The number of carbonyl (C=O) groups is 2. The van der Waals surface area contributed by atoms with E-state index >= 15 is 0 Å². The Kier molecular flexibility index (Phi) is 2.48. The van der Waals surface area contributed by atoms with Crippen molar-refractivity contribution < 1.29 is 19.4 Å². The monoisotopic (exact) mass is 295 g/mol. The van der Waals surface area contributed by atoms with E-state index in [1.54, 1.807) is 36.4 Å². The van der Waals surface area contributed by atoms with Crippen LogP contribution in [-0.4, -0.2) is 30.1 Å². The molecule has 2 bridgehead atoms. The molecule has 0 radical (unpaired) electrons. The first-order valence-electron chi connectivity index (χ1n) is 6.96. The highest BCUT2D eigenvalue weighted by Crippen LogP contribution is 2.52. The number of amides is 1. The van der Waals surface area contributed by atoms with Crippen molar-refractivity contribution in [3.05, 3.63) is 42.0 Å². The fraction of sp³-hybridized carbons (Fsp3) is 0.312. The van der Waals surface area contributed by atoms with E-state index in [0.717, 1.165) is 0 Å². The molecule has 1 aromatic carbocycles. The van der Waals surface area contributed by atoms with Gasteiger partial charge < -0.3 is 19.5 Å². The van der Waals surface area contributed by atoms with Crippen molar-refractivity contribution in [3.63, 3.8) is 0 Å². The van der Waals surface area contributed by atoms with E-state index in [2.05, 4.69) is 6.07 Å². The standard InChI is InChI=1S/C16H12N2O4/c17-7-9-3-1-2-4-10(9)18-8-16-6-5-11(22-16)12(15(20)21)13(16)14(18)19/h1-6,11-13H,8H2,(H,20,21)/p-1/t11-,12-,13-,16+/m0/s1. The molecule has 2 saturated heterocycles. The second-order valence-electron chi connectivity index (χ2n) is 5.77. The average Bonchev–Trinajstić information content (AvgIpc) is 3.15. The lowest BCUT2D eigenvalue weighted by Gasteiger charge is -2.24. The van der Waals surface area contributed by atoms with Crippen LogP contribution in [0.2, 0.25) is 0 Å². The Balaban J connectivity index is 1.79. The van der Waals surface area contributed by atoms with Gasteiger partial charge in [0.15, 0.2) is 0 Å². The SMILES string of the molecule is N#Cc1ccccc1N1C[C@@]23C=C[C@H](O2)[C@H](C(=O)[O-])[C@H]3C1=O. The summed E-state index contributed by atoms with van der Waals surface area (Å²) >= 11 is 0. The summed E-state index contributed by atoms with van der Waals surface area (Å²) < 4.78 is 5.78. The highest BCUT2D eigenvalue weighted by atomic mass is 16.5. The molecular weight excluding hydrogens is 284 g/mol. The maximum Gasteiger partial charge on any atom is 0.234 e. The second-order valence-corrected chi connectivity index (χ2v) is 5.77. The Bertz CT molecular complexity index is 766. The Labute approximate surface area is 126 Å². The summed E-state index contributed by atoms with van der Waals surface area (Å²) in [7, 11) is 0. The number of carboxylic acids is 1. The molecule has 0 unspecified atom stereocenters. The van der Waals surface area contributed by atoms with Crippen LogP contribution in [0.3, 0.4) is 0 Å². The number of carbonyl (C=O) groups excluding carboxylic acids is 2. The van der Waals surface area contributed by atoms with Crippen molar-refractivity contribution in [1.29, 1.82) is 5.26 Å². The molecule has 2 fully saturated rings. The van der Waals surface area contributed by atoms with Crippen LogP contribution >= 0.6 is 0 Å². The molecule has 3 aliphatic heterocycles. The quantitative estimate of drug-likeness (QED) is 0.692. The molecule has 22 heavy (non-hydrogen) atoms. The number of fused-ring (bicyclic) bond motifs is 1. The summed E-state index contributed by atoms with van der Waals surface area (Å²) in [5, 5.41) is 20.6. The summed E-state index contributed by atoms with van der Waals surface area (Å²) in [4.78, 5) is 25.6. The zero-order valence-electron chi connectivity index (χ0n) is 11.4. The molecule has 3 aliphatic rings. The van der Waals surface area contributed by atoms with E-state index in [1.165, 1.54) is 4.90 Å². The van der Waals surface area contributed by atoms with Crippen LogP contribution < -0.4 is 10.0 Å². The molecule has 110 valence electrons. The molecule has 1 aromatic rings. The summed E-state index contributed by atoms with van der Waals surface area (Å²) in [6.07, 6.45) is 2.85. The lowest BCUT2D eigenvalue weighted by molar-refractivity contribution is -0.313. The lowest BCUT2D eigenvalue weighted by Crippen LogP contribution is -2.45. The van der Waals surface area contributed by atoms with Gasteiger partial charge in [-0.05, 0) is 12.1 Å². The van der Waals surface area contributed by atoms with Gasteiger partial charge in [-0.15, -0.1) is 0 Å². The predicted octanol–water partition coefficient (Wildman–Crippen LogP) is -0.405. The summed E-state index contributed by atoms with van der Waals surface area (Å²) in [6.45, 7) is 0.214. The van der Waals surface area contributed by atoms with Gasteiger partial charge in [-0.1, -0.05) is 24.3 Å².